The van der Waals surface area contributed by atoms with E-state index >= 15 is 0 Å². The molecule has 0 radical (unpaired) electrons. The van der Waals surface area contributed by atoms with E-state index in [0.717, 1.165) is 18.4 Å². The average Bonchev–Trinajstić information content (AvgIpc) is 3.64. The molecule has 56 heavy (non-hydrogen) atoms. The molecule has 0 saturated carbocycles. The highest BCUT2D eigenvalue weighted by Gasteiger charge is 2.43. The summed E-state index contributed by atoms with van der Waals surface area (Å²) in [6.07, 6.45) is 0.997. The van der Waals surface area contributed by atoms with Gasteiger partial charge in [0, 0.05) is 40.8 Å². The molecular formula is C42H72N6O8. The van der Waals surface area contributed by atoms with Crippen LogP contribution in [0, 0.1) is 23.7 Å². The van der Waals surface area contributed by atoms with Gasteiger partial charge in [-0.1, -0.05) is 85.2 Å². The summed E-state index contributed by atoms with van der Waals surface area (Å²) in [7, 11) is 8.49. The van der Waals surface area contributed by atoms with Crippen LogP contribution in [0.3, 0.4) is 0 Å². The second-order valence-electron chi connectivity index (χ2n) is 16.2. The minimum absolute atomic E-state index is 0.00439. The zero-order valence-electron chi connectivity index (χ0n) is 36.0. The lowest BCUT2D eigenvalue weighted by Gasteiger charge is -2.41. The molecular weight excluding hydrogens is 716 g/mol. The Kier molecular flexibility index (Phi) is 20.5. The molecule has 1 aromatic carbocycles. The van der Waals surface area contributed by atoms with Gasteiger partial charge in [0.1, 0.15) is 12.1 Å². The maximum absolute atomic E-state index is 14.3. The Bertz CT molecular complexity index is 1390. The van der Waals surface area contributed by atoms with Crippen LogP contribution in [-0.2, 0) is 39.9 Å². The number of nitrogens with one attached hydrogen (secondary N) is 3. The maximum atomic E-state index is 14.3. The summed E-state index contributed by atoms with van der Waals surface area (Å²) in [5.41, 5.74) is 0.866. The average molecular weight is 789 g/mol. The second-order valence-corrected chi connectivity index (χ2v) is 16.2. The molecule has 0 aliphatic carbocycles. The molecule has 1 fully saturated rings. The normalized spacial score (nSPS) is 18.8. The van der Waals surface area contributed by atoms with E-state index in [1.165, 1.54) is 7.11 Å². The Morgan fingerprint density at radius 1 is 0.893 bits per heavy atom. The molecule has 1 aliphatic rings. The molecule has 0 aromatic heterocycles. The van der Waals surface area contributed by atoms with E-state index in [9.17, 15) is 29.1 Å². The van der Waals surface area contributed by atoms with E-state index in [1.54, 1.807) is 30.9 Å². The zero-order chi connectivity index (χ0) is 42.3. The Labute approximate surface area is 335 Å². The van der Waals surface area contributed by atoms with Crippen molar-refractivity contribution < 1.29 is 38.6 Å². The monoisotopic (exact) mass is 789 g/mol. The van der Waals surface area contributed by atoms with Gasteiger partial charge in [0.15, 0.2) is 0 Å². The third-order valence-electron chi connectivity index (χ3n) is 11.3. The number of nitrogens with zero attached hydrogens (tertiary/aromatic N) is 3. The molecule has 14 nitrogen and oxygen atoms in total. The molecule has 4 N–H and O–H groups in total. The number of hydrogen-bond acceptors (Lipinski definition) is 9. The van der Waals surface area contributed by atoms with Crippen molar-refractivity contribution in [3.8, 4) is 0 Å². The Morgan fingerprint density at radius 2 is 1.54 bits per heavy atom. The van der Waals surface area contributed by atoms with Crippen LogP contribution in [0.4, 0.5) is 0 Å². The standard InChI is InChI=1S/C42H72N6O8/c1-13-28(6)37(47(10)42(54)35(26(2)3)45-41(53)36(27(4)5)46(8)9)33(55-11)25-34(50)48-22-17-20-32(48)38(56-12)29(7)39(51)44-31(40(52)43-21-23-49)24-30-18-15-14-16-19-30/h14-16,18-19,26-29,31-33,35-38,49H,13,17,20-25H2,1-12H3,(H,43,52)(H,44,51)(H,45,53)/t28-,29+,31-,32-,33?,35-,36-,37?,38+/m0/s1. The number of aliphatic hydroxyl groups excluding tert-OH is 1. The lowest BCUT2D eigenvalue weighted by molar-refractivity contribution is -0.148. The van der Waals surface area contributed by atoms with Crippen molar-refractivity contribution in [1.29, 1.82) is 0 Å². The van der Waals surface area contributed by atoms with Gasteiger partial charge in [-0.2, -0.15) is 0 Å². The number of carbonyl (C=O) groups is 5. The molecule has 1 aliphatic heterocycles. The fourth-order valence-corrected chi connectivity index (χ4v) is 8.08. The third-order valence-corrected chi connectivity index (χ3v) is 11.3. The van der Waals surface area contributed by atoms with Crippen molar-refractivity contribution in [2.45, 2.75) is 123 Å². The van der Waals surface area contributed by atoms with Crippen LogP contribution < -0.4 is 16.0 Å². The van der Waals surface area contributed by atoms with Crippen LogP contribution in [0.1, 0.15) is 79.7 Å². The number of amides is 5. The molecule has 1 saturated heterocycles. The van der Waals surface area contributed by atoms with Crippen LogP contribution in [0.15, 0.2) is 30.3 Å². The van der Waals surface area contributed by atoms with Crippen LogP contribution >= 0.6 is 0 Å². The quantitative estimate of drug-likeness (QED) is 0.130. The van der Waals surface area contributed by atoms with E-state index < -0.39 is 54.2 Å². The lowest BCUT2D eigenvalue weighted by Crippen LogP contribution is -2.59. The molecule has 1 aromatic rings. The number of likely N-dealkylation sites (N-methyl/N-ethyl adjacent to an activating group) is 2. The Balaban J connectivity index is 2.30. The highest BCUT2D eigenvalue weighted by atomic mass is 16.5. The summed E-state index contributed by atoms with van der Waals surface area (Å²) in [6.45, 7) is 13.9. The number of ether oxygens (including phenoxy) is 2. The van der Waals surface area contributed by atoms with Crippen molar-refractivity contribution in [3.05, 3.63) is 35.9 Å². The highest BCUT2D eigenvalue weighted by molar-refractivity contribution is 5.90. The van der Waals surface area contributed by atoms with Gasteiger partial charge in [-0.25, -0.2) is 0 Å². The summed E-state index contributed by atoms with van der Waals surface area (Å²) < 4.78 is 12.0. The minimum atomic E-state index is -0.884. The predicted octanol–water partition coefficient (Wildman–Crippen LogP) is 2.47. The SMILES string of the molecule is CC[C@H](C)C(C(CC(=O)N1CCC[C@H]1[C@H](OC)[C@@H](C)C(=O)N[C@@H](Cc1ccccc1)C(=O)NCCO)OC)N(C)C(=O)[C@@H](NC(=O)[C@H](C(C)C)N(C)C)C(C)C. The van der Waals surface area contributed by atoms with E-state index in [4.69, 9.17) is 9.47 Å². The molecule has 14 heteroatoms. The van der Waals surface area contributed by atoms with Gasteiger partial charge in [0.05, 0.1) is 49.3 Å². The number of hydrogen-bond donors (Lipinski definition) is 4. The molecule has 1 heterocycles. The highest BCUT2D eigenvalue weighted by Crippen LogP contribution is 2.30. The molecule has 2 unspecified atom stereocenters. The first kappa shape index (κ1) is 48.6. The van der Waals surface area contributed by atoms with Crippen LogP contribution in [-0.4, -0.2) is 147 Å². The van der Waals surface area contributed by atoms with Crippen molar-refractivity contribution in [2.24, 2.45) is 23.7 Å². The van der Waals surface area contributed by atoms with Gasteiger partial charge in [0.25, 0.3) is 0 Å². The summed E-state index contributed by atoms with van der Waals surface area (Å²) in [6, 6.07) is 6.40. The zero-order valence-corrected chi connectivity index (χ0v) is 36.0. The number of rotatable bonds is 23. The summed E-state index contributed by atoms with van der Waals surface area (Å²) in [5.74, 6) is -2.35. The Hall–Kier alpha value is -3.59. The van der Waals surface area contributed by atoms with Gasteiger partial charge < -0.3 is 40.3 Å². The van der Waals surface area contributed by atoms with Gasteiger partial charge in [-0.05, 0) is 50.3 Å². The third kappa shape index (κ3) is 13.2. The van der Waals surface area contributed by atoms with Gasteiger partial charge in [-0.3, -0.25) is 28.9 Å². The summed E-state index contributed by atoms with van der Waals surface area (Å²) >= 11 is 0. The molecule has 2 rings (SSSR count). The van der Waals surface area contributed by atoms with E-state index in [1.807, 2.05) is 90.9 Å². The van der Waals surface area contributed by atoms with Crippen molar-refractivity contribution >= 4 is 29.5 Å². The number of likely N-dealkylation sites (tertiary alicyclic amines) is 1. The number of carbonyl (C=O) groups excluding carboxylic acids is 5. The van der Waals surface area contributed by atoms with Crippen molar-refractivity contribution in [1.82, 2.24) is 30.7 Å². The maximum Gasteiger partial charge on any atom is 0.245 e. The van der Waals surface area contributed by atoms with E-state index in [-0.39, 0.29) is 67.4 Å². The van der Waals surface area contributed by atoms with Crippen molar-refractivity contribution in [3.63, 3.8) is 0 Å². The lowest BCUT2D eigenvalue weighted by atomic mass is 9.89. The second kappa shape index (κ2) is 23.6. The van der Waals surface area contributed by atoms with E-state index in [0.29, 0.717) is 13.0 Å². The molecule has 5 amide bonds. The molecule has 0 spiro atoms. The fourth-order valence-electron chi connectivity index (χ4n) is 8.08. The first-order valence-electron chi connectivity index (χ1n) is 20.3. The summed E-state index contributed by atoms with van der Waals surface area (Å²) in [4.78, 5) is 74.1. The van der Waals surface area contributed by atoms with Gasteiger partial charge in [-0.15, -0.1) is 0 Å². The number of aliphatic hydroxyl groups is 1. The van der Waals surface area contributed by atoms with Gasteiger partial charge in [0.2, 0.25) is 29.5 Å². The fraction of sp³-hybridized carbons (Fsp3) is 0.738. The largest absolute Gasteiger partial charge is 0.395 e. The molecule has 0 bridgehead atoms. The number of benzene rings is 1. The topological polar surface area (TPSA) is 170 Å². The molecule has 318 valence electrons. The summed E-state index contributed by atoms with van der Waals surface area (Å²) in [5, 5.41) is 17.9. The number of methoxy groups -OCH3 is 2. The predicted molar refractivity (Wildman–Crippen MR) is 217 cm³/mol. The first-order valence-corrected chi connectivity index (χ1v) is 20.3. The Morgan fingerprint density at radius 3 is 2.05 bits per heavy atom. The molecule has 9 atom stereocenters. The van der Waals surface area contributed by atoms with Gasteiger partial charge >= 0.3 is 0 Å². The smallest absolute Gasteiger partial charge is 0.245 e. The minimum Gasteiger partial charge on any atom is -0.395 e. The van der Waals surface area contributed by atoms with Crippen LogP contribution in [0.25, 0.3) is 0 Å². The van der Waals surface area contributed by atoms with Crippen molar-refractivity contribution in [2.75, 3.05) is 55.1 Å². The van der Waals surface area contributed by atoms with Crippen LogP contribution in [0.2, 0.25) is 0 Å². The van der Waals surface area contributed by atoms with Crippen LogP contribution in [0.5, 0.6) is 0 Å². The first-order chi connectivity index (χ1) is 26.4. The van der Waals surface area contributed by atoms with E-state index in [2.05, 4.69) is 16.0 Å².